The van der Waals surface area contributed by atoms with E-state index in [2.05, 4.69) is 10.2 Å². The maximum absolute atomic E-state index is 13.1. The summed E-state index contributed by atoms with van der Waals surface area (Å²) in [5.41, 5.74) is 1.29. The van der Waals surface area contributed by atoms with Crippen molar-refractivity contribution in [2.45, 2.75) is 19.4 Å². The van der Waals surface area contributed by atoms with Crippen molar-refractivity contribution in [3.05, 3.63) is 35.4 Å². The first-order valence-corrected chi connectivity index (χ1v) is 6.54. The summed E-state index contributed by atoms with van der Waals surface area (Å²) in [6, 6.07) is 4.21. The zero-order chi connectivity index (χ0) is 12.6. The molecule has 2 aliphatic heterocycles. The lowest BCUT2D eigenvalue weighted by Crippen LogP contribution is -2.28. The molecule has 1 aromatic carbocycles. The minimum Gasteiger partial charge on any atom is -0.316 e. The molecule has 5 heteroatoms. The summed E-state index contributed by atoms with van der Waals surface area (Å²) < 4.78 is 26.0. The van der Waals surface area contributed by atoms with E-state index in [0.717, 1.165) is 38.3 Å². The Morgan fingerprint density at radius 3 is 2.74 bits per heavy atom. The van der Waals surface area contributed by atoms with Crippen molar-refractivity contribution in [1.82, 2.24) is 10.2 Å². The molecule has 19 heavy (non-hydrogen) atoms. The molecular weight excluding hydrogens is 270 g/mol. The first-order valence-electron chi connectivity index (χ1n) is 6.54. The van der Waals surface area contributed by atoms with Crippen LogP contribution in [0.1, 0.15) is 18.4 Å². The predicted molar refractivity (Wildman–Crippen MR) is 73.4 cm³/mol. The summed E-state index contributed by atoms with van der Waals surface area (Å²) >= 11 is 0. The molecule has 1 aromatic rings. The molecule has 0 saturated carbocycles. The van der Waals surface area contributed by atoms with Crippen LogP contribution in [0.3, 0.4) is 0 Å². The average molecular weight is 289 g/mol. The van der Waals surface area contributed by atoms with Crippen LogP contribution in [0.4, 0.5) is 8.78 Å². The highest BCUT2D eigenvalue weighted by Gasteiger charge is 2.39. The Bertz CT molecular complexity index is 447. The normalized spacial score (nSPS) is 26.8. The van der Waals surface area contributed by atoms with Crippen LogP contribution in [-0.2, 0) is 6.54 Å². The molecule has 2 nitrogen and oxygen atoms in total. The SMILES string of the molecule is Cl.Fc1ccc(CN2CCC3(CCNC3)C2)cc1F. The van der Waals surface area contributed by atoms with Gasteiger partial charge in [-0.2, -0.15) is 0 Å². The molecular formula is C14H19ClF2N2. The highest BCUT2D eigenvalue weighted by molar-refractivity contribution is 5.85. The second kappa shape index (κ2) is 5.73. The Kier molecular flexibility index (Phi) is 4.43. The first-order chi connectivity index (χ1) is 8.67. The van der Waals surface area contributed by atoms with E-state index in [9.17, 15) is 8.78 Å². The van der Waals surface area contributed by atoms with Gasteiger partial charge in [-0.15, -0.1) is 12.4 Å². The monoisotopic (exact) mass is 288 g/mol. The van der Waals surface area contributed by atoms with Gasteiger partial charge in [-0.25, -0.2) is 8.78 Å². The molecule has 0 aliphatic carbocycles. The number of rotatable bonds is 2. The van der Waals surface area contributed by atoms with Gasteiger partial charge in [0.2, 0.25) is 0 Å². The van der Waals surface area contributed by atoms with Crippen molar-refractivity contribution in [2.24, 2.45) is 5.41 Å². The summed E-state index contributed by atoms with van der Waals surface area (Å²) in [5.74, 6) is -1.51. The van der Waals surface area contributed by atoms with Crippen molar-refractivity contribution < 1.29 is 8.78 Å². The van der Waals surface area contributed by atoms with E-state index in [0.29, 0.717) is 5.41 Å². The molecule has 0 bridgehead atoms. The molecule has 3 rings (SSSR count). The lowest BCUT2D eigenvalue weighted by molar-refractivity contribution is 0.268. The van der Waals surface area contributed by atoms with Crippen molar-refractivity contribution in [1.29, 1.82) is 0 Å². The van der Waals surface area contributed by atoms with Crippen molar-refractivity contribution >= 4 is 12.4 Å². The Balaban J connectivity index is 0.00000133. The van der Waals surface area contributed by atoms with Gasteiger partial charge < -0.3 is 5.32 Å². The molecule has 1 spiro atoms. The van der Waals surface area contributed by atoms with Gasteiger partial charge in [-0.3, -0.25) is 4.90 Å². The molecule has 2 saturated heterocycles. The Morgan fingerprint density at radius 2 is 2.05 bits per heavy atom. The van der Waals surface area contributed by atoms with Crippen molar-refractivity contribution in [3.63, 3.8) is 0 Å². The largest absolute Gasteiger partial charge is 0.316 e. The van der Waals surface area contributed by atoms with Crippen LogP contribution >= 0.6 is 12.4 Å². The van der Waals surface area contributed by atoms with E-state index in [1.54, 1.807) is 6.07 Å². The minimum atomic E-state index is -0.767. The third kappa shape index (κ3) is 3.07. The van der Waals surface area contributed by atoms with Gasteiger partial charge in [0.1, 0.15) is 0 Å². The third-order valence-electron chi connectivity index (χ3n) is 4.24. The number of benzene rings is 1. The second-order valence-corrected chi connectivity index (χ2v) is 5.64. The first kappa shape index (κ1) is 14.7. The summed E-state index contributed by atoms with van der Waals surface area (Å²) in [6.45, 7) is 5.05. The van der Waals surface area contributed by atoms with E-state index < -0.39 is 11.6 Å². The van der Waals surface area contributed by atoms with E-state index >= 15 is 0 Å². The van der Waals surface area contributed by atoms with E-state index in [-0.39, 0.29) is 12.4 Å². The molecule has 2 heterocycles. The van der Waals surface area contributed by atoms with Crippen LogP contribution in [0.2, 0.25) is 0 Å². The summed E-state index contributed by atoms with van der Waals surface area (Å²) in [5, 5.41) is 3.42. The lowest BCUT2D eigenvalue weighted by Gasteiger charge is -2.22. The van der Waals surface area contributed by atoms with Gasteiger partial charge >= 0.3 is 0 Å². The Morgan fingerprint density at radius 1 is 1.21 bits per heavy atom. The number of nitrogens with one attached hydrogen (secondary N) is 1. The molecule has 1 atom stereocenters. The number of hydrogen-bond acceptors (Lipinski definition) is 2. The van der Waals surface area contributed by atoms with E-state index in [4.69, 9.17) is 0 Å². The topological polar surface area (TPSA) is 15.3 Å². The van der Waals surface area contributed by atoms with Gasteiger partial charge in [-0.1, -0.05) is 6.07 Å². The van der Waals surface area contributed by atoms with Crippen LogP contribution in [-0.4, -0.2) is 31.1 Å². The van der Waals surface area contributed by atoms with E-state index in [1.165, 1.54) is 25.0 Å². The zero-order valence-electron chi connectivity index (χ0n) is 10.8. The molecule has 1 unspecified atom stereocenters. The maximum atomic E-state index is 13.1. The smallest absolute Gasteiger partial charge is 0.159 e. The third-order valence-corrected chi connectivity index (χ3v) is 4.24. The fourth-order valence-corrected chi connectivity index (χ4v) is 3.20. The fraction of sp³-hybridized carbons (Fsp3) is 0.571. The number of nitrogens with zero attached hydrogens (tertiary/aromatic N) is 1. The van der Waals surface area contributed by atoms with Crippen LogP contribution in [0.5, 0.6) is 0 Å². The summed E-state index contributed by atoms with van der Waals surface area (Å²) in [6.07, 6.45) is 2.45. The second-order valence-electron chi connectivity index (χ2n) is 5.64. The van der Waals surface area contributed by atoms with Gasteiger partial charge in [0.25, 0.3) is 0 Å². The molecule has 2 aliphatic rings. The highest BCUT2D eigenvalue weighted by atomic mass is 35.5. The highest BCUT2D eigenvalue weighted by Crippen LogP contribution is 2.36. The van der Waals surface area contributed by atoms with Crippen molar-refractivity contribution in [3.8, 4) is 0 Å². The Labute approximate surface area is 118 Å². The summed E-state index contributed by atoms with van der Waals surface area (Å²) in [7, 11) is 0. The van der Waals surface area contributed by atoms with Gasteiger partial charge in [0.05, 0.1) is 0 Å². The summed E-state index contributed by atoms with van der Waals surface area (Å²) in [4.78, 5) is 2.35. The van der Waals surface area contributed by atoms with Crippen LogP contribution in [0, 0.1) is 17.0 Å². The molecule has 1 N–H and O–H groups in total. The molecule has 0 radical (unpaired) electrons. The fourth-order valence-electron chi connectivity index (χ4n) is 3.20. The minimum absolute atomic E-state index is 0. The lowest BCUT2D eigenvalue weighted by atomic mass is 9.86. The van der Waals surface area contributed by atoms with Crippen LogP contribution < -0.4 is 5.32 Å². The van der Waals surface area contributed by atoms with Gasteiger partial charge in [0.15, 0.2) is 11.6 Å². The molecule has 0 amide bonds. The molecule has 106 valence electrons. The standard InChI is InChI=1S/C14H18F2N2.ClH/c15-12-2-1-11(7-13(12)16)8-18-6-4-14(10-18)3-5-17-9-14;/h1-2,7,17H,3-6,8-10H2;1H. The number of likely N-dealkylation sites (tertiary alicyclic amines) is 1. The number of halogens is 3. The zero-order valence-corrected chi connectivity index (χ0v) is 11.6. The quantitative estimate of drug-likeness (QED) is 0.900. The average Bonchev–Trinajstić information content (AvgIpc) is 2.96. The Hall–Kier alpha value is -0.710. The maximum Gasteiger partial charge on any atom is 0.159 e. The van der Waals surface area contributed by atoms with Crippen molar-refractivity contribution in [2.75, 3.05) is 26.2 Å². The number of hydrogen-bond donors (Lipinski definition) is 1. The van der Waals surface area contributed by atoms with Gasteiger partial charge in [0, 0.05) is 19.6 Å². The van der Waals surface area contributed by atoms with Crippen LogP contribution in [0.15, 0.2) is 18.2 Å². The molecule has 2 fully saturated rings. The predicted octanol–water partition coefficient (Wildman–Crippen LogP) is 2.57. The van der Waals surface area contributed by atoms with Gasteiger partial charge in [-0.05, 0) is 49.0 Å². The molecule has 0 aromatic heterocycles. The van der Waals surface area contributed by atoms with Crippen LogP contribution in [0.25, 0.3) is 0 Å². The van der Waals surface area contributed by atoms with E-state index in [1.807, 2.05) is 0 Å².